The average Bonchev–Trinajstić information content (AvgIpc) is 1.94. The molecular weight excluding hydrogens is 150 g/mol. The van der Waals surface area contributed by atoms with Gasteiger partial charge in [-0.05, 0) is 6.08 Å². The van der Waals surface area contributed by atoms with Crippen molar-refractivity contribution in [2.45, 2.75) is 0 Å². The van der Waals surface area contributed by atoms with E-state index in [9.17, 15) is 14.8 Å². The molecular formula is C6H4NO4. The third-order valence-corrected chi connectivity index (χ3v) is 1.15. The lowest BCUT2D eigenvalue weighted by Crippen LogP contribution is -2.21. The highest BCUT2D eigenvalue weighted by molar-refractivity contribution is 6.46. The number of carbonyl (C=O) groups excluding carboxylic acids is 2. The number of hydrogen-bond donors (Lipinski definition) is 1. The predicted octanol–water partition coefficient (Wildman–Crippen LogP) is -0.395. The highest BCUT2D eigenvalue weighted by Gasteiger charge is 2.19. The van der Waals surface area contributed by atoms with Gasteiger partial charge < -0.3 is 5.21 Å². The molecule has 1 aliphatic carbocycles. The van der Waals surface area contributed by atoms with Gasteiger partial charge in [-0.15, -0.1) is 0 Å². The minimum atomic E-state index is -0.808. The zero-order valence-corrected chi connectivity index (χ0v) is 5.35. The Balaban J connectivity index is 2.89. The monoisotopic (exact) mass is 154 g/mol. The molecule has 0 aliphatic heterocycles. The van der Waals surface area contributed by atoms with Crippen LogP contribution in [0.1, 0.15) is 0 Å². The maximum Gasteiger partial charge on any atom is 0.231 e. The summed E-state index contributed by atoms with van der Waals surface area (Å²) in [5.74, 6) is -1.51. The molecule has 0 amide bonds. The van der Waals surface area contributed by atoms with Crippen LogP contribution in [-0.4, -0.2) is 16.8 Å². The average molecular weight is 154 g/mol. The van der Waals surface area contributed by atoms with E-state index in [4.69, 9.17) is 5.21 Å². The number of hydroxylamine groups is 2. The van der Waals surface area contributed by atoms with Gasteiger partial charge in [0.05, 0.1) is 6.08 Å². The van der Waals surface area contributed by atoms with E-state index >= 15 is 0 Å². The van der Waals surface area contributed by atoms with Gasteiger partial charge in [-0.2, -0.15) is 5.21 Å². The lowest BCUT2D eigenvalue weighted by molar-refractivity contribution is -0.131. The van der Waals surface area contributed by atoms with Crippen LogP contribution in [0.4, 0.5) is 0 Å². The molecule has 0 aromatic heterocycles. The van der Waals surface area contributed by atoms with Gasteiger partial charge in [0, 0.05) is 11.3 Å². The maximum absolute atomic E-state index is 10.6. The normalized spacial score (nSPS) is 17.5. The lowest BCUT2D eigenvalue weighted by atomic mass is 10.1. The molecule has 0 fully saturated rings. The second kappa shape index (κ2) is 2.75. The van der Waals surface area contributed by atoms with E-state index in [1.54, 1.807) is 0 Å². The van der Waals surface area contributed by atoms with E-state index in [0.29, 0.717) is 0 Å². The van der Waals surface area contributed by atoms with E-state index in [-0.39, 0.29) is 5.70 Å². The van der Waals surface area contributed by atoms with Crippen LogP contribution in [0.5, 0.6) is 0 Å². The quantitative estimate of drug-likeness (QED) is 0.316. The van der Waals surface area contributed by atoms with Crippen LogP contribution in [0.2, 0.25) is 0 Å². The van der Waals surface area contributed by atoms with Crippen LogP contribution >= 0.6 is 0 Å². The molecule has 11 heavy (non-hydrogen) atoms. The first kappa shape index (κ1) is 7.80. The fourth-order valence-corrected chi connectivity index (χ4v) is 0.616. The summed E-state index contributed by atoms with van der Waals surface area (Å²) in [5.41, 5.74) is -0.241. The molecule has 0 saturated carbocycles. The summed E-state index contributed by atoms with van der Waals surface area (Å²) in [7, 11) is 0. The lowest BCUT2D eigenvalue weighted by Gasteiger charge is -2.04. The second-order valence-electron chi connectivity index (χ2n) is 1.90. The molecule has 0 heterocycles. The van der Waals surface area contributed by atoms with Crippen molar-refractivity contribution in [1.29, 1.82) is 0 Å². The van der Waals surface area contributed by atoms with Gasteiger partial charge in [0.1, 0.15) is 0 Å². The van der Waals surface area contributed by atoms with E-state index in [0.717, 1.165) is 18.2 Å². The zero-order chi connectivity index (χ0) is 8.43. The highest BCUT2D eigenvalue weighted by Crippen LogP contribution is 2.04. The molecule has 57 valence electrons. The van der Waals surface area contributed by atoms with Crippen molar-refractivity contribution in [1.82, 2.24) is 5.23 Å². The van der Waals surface area contributed by atoms with Gasteiger partial charge in [0.2, 0.25) is 17.3 Å². The number of hydrogen-bond acceptors (Lipinski definition) is 5. The van der Waals surface area contributed by atoms with Gasteiger partial charge >= 0.3 is 0 Å². The van der Waals surface area contributed by atoms with Gasteiger partial charge in [-0.3, -0.25) is 9.59 Å². The Morgan fingerprint density at radius 1 is 1.27 bits per heavy atom. The molecule has 1 radical (unpaired) electrons. The van der Waals surface area contributed by atoms with E-state index < -0.39 is 16.8 Å². The molecule has 1 aliphatic rings. The van der Waals surface area contributed by atoms with Crippen molar-refractivity contribution < 1.29 is 14.8 Å². The Morgan fingerprint density at radius 2 is 1.91 bits per heavy atom. The van der Waals surface area contributed by atoms with E-state index in [1.807, 2.05) is 0 Å². The van der Waals surface area contributed by atoms with Gasteiger partial charge in [0.25, 0.3) is 0 Å². The fourth-order valence-electron chi connectivity index (χ4n) is 0.616. The van der Waals surface area contributed by atoms with E-state index in [2.05, 4.69) is 0 Å². The standard InChI is InChI=1S/C6H4NO4/c8-5-2-1-4(7(10)11)3-6(5)9/h1-3,10H. The van der Waals surface area contributed by atoms with Crippen LogP contribution < -0.4 is 5.23 Å². The highest BCUT2D eigenvalue weighted by atomic mass is 16.8. The van der Waals surface area contributed by atoms with Crippen molar-refractivity contribution in [2.24, 2.45) is 0 Å². The SMILES string of the molecule is O=C1C=CC([N+]([O-])O)=CC1=O. The van der Waals surface area contributed by atoms with E-state index in [1.165, 1.54) is 0 Å². The summed E-state index contributed by atoms with van der Waals surface area (Å²) in [6.07, 6.45) is 2.77. The van der Waals surface area contributed by atoms with Crippen LogP contribution in [0, 0.1) is 5.21 Å². The Morgan fingerprint density at radius 3 is 2.36 bits per heavy atom. The summed E-state index contributed by atoms with van der Waals surface area (Å²) in [4.78, 5) is 21.0. The summed E-state index contributed by atoms with van der Waals surface area (Å²) < 4.78 is 0. The first-order chi connectivity index (χ1) is 5.11. The summed E-state index contributed by atoms with van der Waals surface area (Å²) in [6.45, 7) is 0. The molecule has 0 atom stereocenters. The fraction of sp³-hybridized carbons (Fsp3) is 0. The largest absolute Gasteiger partial charge is 0.539 e. The topological polar surface area (TPSA) is 83.3 Å². The minimum Gasteiger partial charge on any atom is -0.539 e. The molecule has 1 N–H and O–H groups in total. The summed E-state index contributed by atoms with van der Waals surface area (Å²) in [5, 5.41) is 17.9. The molecule has 5 nitrogen and oxygen atoms in total. The molecule has 0 aromatic rings. The Bertz CT molecular complexity index is 264. The number of ketones is 2. The zero-order valence-electron chi connectivity index (χ0n) is 5.35. The molecule has 0 saturated heterocycles. The van der Waals surface area contributed by atoms with Gasteiger partial charge in [0.15, 0.2) is 0 Å². The van der Waals surface area contributed by atoms with Crippen molar-refractivity contribution >= 4 is 11.6 Å². The molecule has 0 bridgehead atoms. The van der Waals surface area contributed by atoms with Gasteiger partial charge in [-0.25, -0.2) is 0 Å². The van der Waals surface area contributed by atoms with Crippen molar-refractivity contribution in [3.8, 4) is 0 Å². The van der Waals surface area contributed by atoms with Crippen LogP contribution in [-0.2, 0) is 9.59 Å². The summed E-state index contributed by atoms with van der Waals surface area (Å²) in [6, 6.07) is 0. The molecule has 0 spiro atoms. The Labute approximate surface area is 61.8 Å². The molecule has 0 unspecified atom stereocenters. The molecule has 5 heteroatoms. The predicted molar refractivity (Wildman–Crippen MR) is 34.5 cm³/mol. The van der Waals surface area contributed by atoms with Crippen molar-refractivity contribution in [3.63, 3.8) is 0 Å². The maximum atomic E-state index is 10.6. The van der Waals surface area contributed by atoms with Crippen LogP contribution in [0.15, 0.2) is 23.9 Å². The number of rotatable bonds is 1. The Hall–Kier alpha value is -1.30. The number of allylic oxidation sites excluding steroid dienone is 3. The third-order valence-electron chi connectivity index (χ3n) is 1.15. The van der Waals surface area contributed by atoms with Crippen LogP contribution in [0.25, 0.3) is 0 Å². The molecule has 0 aromatic carbocycles. The molecule has 1 rings (SSSR count). The first-order valence-electron chi connectivity index (χ1n) is 2.75. The summed E-state index contributed by atoms with van der Waals surface area (Å²) >= 11 is 0. The smallest absolute Gasteiger partial charge is 0.231 e. The minimum absolute atomic E-state index is 0.241. The second-order valence-corrected chi connectivity index (χ2v) is 1.90. The number of nitrogens with zero attached hydrogens (tertiary/aromatic N) is 1. The van der Waals surface area contributed by atoms with Crippen molar-refractivity contribution in [3.05, 3.63) is 29.1 Å². The third kappa shape index (κ3) is 1.58. The Kier molecular flexibility index (Phi) is 1.95. The van der Waals surface area contributed by atoms with Gasteiger partial charge in [-0.1, -0.05) is 0 Å². The first-order valence-corrected chi connectivity index (χ1v) is 2.75. The van der Waals surface area contributed by atoms with Crippen LogP contribution in [0.3, 0.4) is 0 Å². The van der Waals surface area contributed by atoms with Crippen molar-refractivity contribution in [2.75, 3.05) is 0 Å². The number of carbonyl (C=O) groups is 2.